The predicted octanol–water partition coefficient (Wildman–Crippen LogP) is 7.76. The minimum absolute atomic E-state index is 0.742. The van der Waals surface area contributed by atoms with E-state index in [-0.39, 0.29) is 0 Å². The Bertz CT molecular complexity index is 1210. The third-order valence-electron chi connectivity index (χ3n) is 6.54. The molecule has 0 saturated carbocycles. The monoisotopic (exact) mass is 524 g/mol. The number of fused-ring (bicyclic) bond motifs is 2. The molecule has 0 amide bonds. The number of benzene rings is 4. The highest BCUT2D eigenvalue weighted by atomic mass is 35.5. The van der Waals surface area contributed by atoms with Crippen LogP contribution in [-0.4, -0.2) is 27.3 Å². The van der Waals surface area contributed by atoms with Crippen LogP contribution in [0, 0.1) is 0 Å². The Morgan fingerprint density at radius 2 is 0.972 bits per heavy atom. The molecule has 0 bridgehead atoms. The zero-order chi connectivity index (χ0) is 25.3. The van der Waals surface area contributed by atoms with Gasteiger partial charge in [0, 0.05) is 55.8 Å². The maximum atomic E-state index is 6.50. The van der Waals surface area contributed by atoms with Gasteiger partial charge in [0.25, 0.3) is 0 Å². The lowest BCUT2D eigenvalue weighted by molar-refractivity contribution is 0.412. The molecule has 4 aromatic rings. The molecule has 0 fully saturated rings. The van der Waals surface area contributed by atoms with Gasteiger partial charge in [-0.25, -0.2) is 0 Å². The Morgan fingerprint density at radius 3 is 1.36 bits per heavy atom. The van der Waals surface area contributed by atoms with Crippen LogP contribution in [0.15, 0.2) is 60.7 Å². The molecular formula is C30H34Cl2N2O2. The molecule has 36 heavy (non-hydrogen) atoms. The van der Waals surface area contributed by atoms with E-state index in [2.05, 4.69) is 22.8 Å². The first-order chi connectivity index (χ1) is 17.6. The van der Waals surface area contributed by atoms with Crippen LogP contribution in [0.3, 0.4) is 0 Å². The zero-order valence-corrected chi connectivity index (χ0v) is 22.5. The van der Waals surface area contributed by atoms with E-state index in [4.69, 9.17) is 32.7 Å². The molecule has 0 unspecified atom stereocenters. The number of ether oxygens (including phenoxy) is 2. The average Bonchev–Trinajstić information content (AvgIpc) is 2.90. The van der Waals surface area contributed by atoms with Crippen molar-refractivity contribution in [2.75, 3.05) is 27.3 Å². The van der Waals surface area contributed by atoms with E-state index in [1.807, 2.05) is 48.5 Å². The summed E-state index contributed by atoms with van der Waals surface area (Å²) >= 11 is 13.0. The lowest BCUT2D eigenvalue weighted by Gasteiger charge is -2.14. The lowest BCUT2D eigenvalue weighted by atomic mass is 10.0. The lowest BCUT2D eigenvalue weighted by Crippen LogP contribution is -2.16. The number of hydrogen-bond acceptors (Lipinski definition) is 4. The van der Waals surface area contributed by atoms with Crippen molar-refractivity contribution in [1.29, 1.82) is 0 Å². The summed E-state index contributed by atoms with van der Waals surface area (Å²) < 4.78 is 11.4. The molecule has 0 radical (unpaired) electrons. The smallest absolute Gasteiger partial charge is 0.131 e. The van der Waals surface area contributed by atoms with Gasteiger partial charge in [-0.3, -0.25) is 0 Å². The van der Waals surface area contributed by atoms with E-state index in [0.29, 0.717) is 0 Å². The first kappa shape index (κ1) is 26.6. The van der Waals surface area contributed by atoms with Crippen molar-refractivity contribution >= 4 is 44.7 Å². The van der Waals surface area contributed by atoms with Crippen molar-refractivity contribution < 1.29 is 9.47 Å². The molecule has 0 aliphatic carbocycles. The van der Waals surface area contributed by atoms with Crippen molar-refractivity contribution in [3.63, 3.8) is 0 Å². The largest absolute Gasteiger partial charge is 0.496 e. The van der Waals surface area contributed by atoms with Gasteiger partial charge in [-0.05, 0) is 38.1 Å². The minimum atomic E-state index is 0.742. The molecule has 0 aliphatic heterocycles. The Hall–Kier alpha value is -2.50. The second-order valence-electron chi connectivity index (χ2n) is 8.96. The maximum absolute atomic E-state index is 6.50. The molecule has 2 N–H and O–H groups in total. The van der Waals surface area contributed by atoms with Crippen molar-refractivity contribution in [3.8, 4) is 11.5 Å². The summed E-state index contributed by atoms with van der Waals surface area (Å²) in [5.74, 6) is 1.80. The summed E-state index contributed by atoms with van der Waals surface area (Å²) in [4.78, 5) is 0. The maximum Gasteiger partial charge on any atom is 0.131 e. The number of methoxy groups -OCH3 is 2. The molecule has 0 atom stereocenters. The van der Waals surface area contributed by atoms with E-state index in [0.717, 1.165) is 93.2 Å². The van der Waals surface area contributed by atoms with Crippen LogP contribution in [0.2, 0.25) is 10.0 Å². The quantitative estimate of drug-likeness (QED) is 0.175. The van der Waals surface area contributed by atoms with Gasteiger partial charge in [-0.2, -0.15) is 0 Å². The fraction of sp³-hybridized carbons (Fsp3) is 0.333. The van der Waals surface area contributed by atoms with E-state index >= 15 is 0 Å². The fourth-order valence-corrected chi connectivity index (χ4v) is 5.35. The summed E-state index contributed by atoms with van der Waals surface area (Å²) in [5.41, 5.74) is 2.18. The summed E-state index contributed by atoms with van der Waals surface area (Å²) in [6, 6.07) is 20.2. The SMILES string of the molecule is COc1c(CNCCCCCCNCc2cc(Cl)c3ccccc3c2OC)cc(Cl)c2ccccc12. The highest BCUT2D eigenvalue weighted by molar-refractivity contribution is 6.36. The summed E-state index contributed by atoms with van der Waals surface area (Å²) in [5, 5.41) is 12.8. The minimum Gasteiger partial charge on any atom is -0.496 e. The first-order valence-corrected chi connectivity index (χ1v) is 13.3. The van der Waals surface area contributed by atoms with Crippen molar-refractivity contribution in [1.82, 2.24) is 10.6 Å². The predicted molar refractivity (Wildman–Crippen MR) is 153 cm³/mol. The van der Waals surface area contributed by atoms with Gasteiger partial charge in [0.05, 0.1) is 14.2 Å². The molecule has 0 heterocycles. The fourth-order valence-electron chi connectivity index (χ4n) is 4.76. The van der Waals surface area contributed by atoms with Crippen LogP contribution >= 0.6 is 23.2 Å². The molecular weight excluding hydrogens is 491 g/mol. The summed E-state index contributed by atoms with van der Waals surface area (Å²) in [6.45, 7) is 3.42. The molecule has 4 nitrogen and oxygen atoms in total. The molecule has 0 aromatic heterocycles. The summed E-state index contributed by atoms with van der Waals surface area (Å²) in [7, 11) is 3.44. The topological polar surface area (TPSA) is 42.5 Å². The van der Waals surface area contributed by atoms with E-state index in [9.17, 15) is 0 Å². The Kier molecular flexibility index (Phi) is 9.71. The van der Waals surface area contributed by atoms with Crippen LogP contribution in [0.5, 0.6) is 11.5 Å². The van der Waals surface area contributed by atoms with E-state index in [1.165, 1.54) is 12.8 Å². The van der Waals surface area contributed by atoms with Crippen molar-refractivity contribution in [3.05, 3.63) is 81.8 Å². The number of rotatable bonds is 13. The zero-order valence-electron chi connectivity index (χ0n) is 21.0. The number of hydrogen-bond donors (Lipinski definition) is 2. The number of nitrogens with one attached hydrogen (secondary N) is 2. The van der Waals surface area contributed by atoms with Crippen LogP contribution in [0.1, 0.15) is 36.8 Å². The van der Waals surface area contributed by atoms with Crippen LogP contribution < -0.4 is 20.1 Å². The van der Waals surface area contributed by atoms with Gasteiger partial charge in [-0.15, -0.1) is 0 Å². The third kappa shape index (κ3) is 6.24. The molecule has 0 saturated heterocycles. The van der Waals surface area contributed by atoms with Gasteiger partial charge < -0.3 is 20.1 Å². The molecule has 0 spiro atoms. The molecule has 4 aromatic carbocycles. The van der Waals surface area contributed by atoms with Gasteiger partial charge >= 0.3 is 0 Å². The van der Waals surface area contributed by atoms with Gasteiger partial charge in [-0.1, -0.05) is 84.6 Å². The van der Waals surface area contributed by atoms with Crippen molar-refractivity contribution in [2.45, 2.75) is 38.8 Å². The van der Waals surface area contributed by atoms with Crippen LogP contribution in [0.4, 0.5) is 0 Å². The average molecular weight is 526 g/mol. The Balaban J connectivity index is 1.16. The van der Waals surface area contributed by atoms with Crippen LogP contribution in [0.25, 0.3) is 21.5 Å². The number of halogens is 2. The highest BCUT2D eigenvalue weighted by Crippen LogP contribution is 2.36. The highest BCUT2D eigenvalue weighted by Gasteiger charge is 2.12. The second kappa shape index (κ2) is 13.2. The van der Waals surface area contributed by atoms with Crippen LogP contribution in [-0.2, 0) is 13.1 Å². The van der Waals surface area contributed by atoms with Gasteiger partial charge in [0.1, 0.15) is 11.5 Å². The molecule has 0 aliphatic rings. The van der Waals surface area contributed by atoms with E-state index in [1.54, 1.807) is 14.2 Å². The van der Waals surface area contributed by atoms with Gasteiger partial charge in [0.15, 0.2) is 0 Å². The van der Waals surface area contributed by atoms with E-state index < -0.39 is 0 Å². The molecule has 6 heteroatoms. The molecule has 190 valence electrons. The molecule has 4 rings (SSSR count). The standard InChI is InChI=1S/C30H34Cl2N2O2/c1-35-29-21(17-27(31)23-11-5-7-13-25(23)29)19-33-15-9-3-4-10-16-34-20-22-18-28(32)24-12-6-8-14-26(24)30(22)36-2/h5-8,11-14,17-18,33-34H,3-4,9-10,15-16,19-20H2,1-2H3. The number of unbranched alkanes of at least 4 members (excludes halogenated alkanes) is 3. The Morgan fingerprint density at radius 1 is 0.583 bits per heavy atom. The van der Waals surface area contributed by atoms with Gasteiger partial charge in [0.2, 0.25) is 0 Å². The Labute approximate surface area is 223 Å². The second-order valence-corrected chi connectivity index (χ2v) is 9.77. The van der Waals surface area contributed by atoms with Crippen molar-refractivity contribution in [2.24, 2.45) is 0 Å². The normalized spacial score (nSPS) is 11.3. The first-order valence-electron chi connectivity index (χ1n) is 12.5. The third-order valence-corrected chi connectivity index (χ3v) is 7.16. The summed E-state index contributed by atoms with van der Waals surface area (Å²) in [6.07, 6.45) is 4.65.